The van der Waals surface area contributed by atoms with Gasteiger partial charge in [-0.2, -0.15) is 0 Å². The molecule has 0 bridgehead atoms. The number of hydrogen-bond donors (Lipinski definition) is 1. The fourth-order valence-electron chi connectivity index (χ4n) is 1.64. The number of amides is 2. The number of carbonyl (C=O) groups is 2. The third-order valence-electron chi connectivity index (χ3n) is 2.57. The fraction of sp³-hybridized carbons (Fsp3) is 0. The Morgan fingerprint density at radius 1 is 1.15 bits per heavy atom. The number of carbonyl (C=O) groups excluding carboxylic acids is 2. The summed E-state index contributed by atoms with van der Waals surface area (Å²) in [7, 11) is 0. The van der Waals surface area contributed by atoms with Crippen molar-refractivity contribution >= 4 is 35.5 Å². The second-order valence-electron chi connectivity index (χ2n) is 3.89. The summed E-state index contributed by atoms with van der Waals surface area (Å²) >= 11 is 5.70. The zero-order chi connectivity index (χ0) is 14.5. The van der Waals surface area contributed by atoms with Gasteiger partial charge in [0.15, 0.2) is 0 Å². The van der Waals surface area contributed by atoms with Crippen molar-refractivity contribution in [2.24, 2.45) is 0 Å². The first-order valence-electron chi connectivity index (χ1n) is 5.68. The number of hydrogen-bond acceptors (Lipinski definition) is 2. The monoisotopic (exact) mass is 292 g/mol. The number of anilines is 2. The highest BCUT2D eigenvalue weighted by atomic mass is 35.5. The molecule has 0 saturated carbocycles. The zero-order valence-electron chi connectivity index (χ0n) is 10.2. The quantitative estimate of drug-likeness (QED) is 0.695. The normalized spacial score (nSPS) is 9.90. The summed E-state index contributed by atoms with van der Waals surface area (Å²) in [6.07, 6.45) is 0.394. The van der Waals surface area contributed by atoms with E-state index in [1.54, 1.807) is 18.2 Å². The second-order valence-corrected chi connectivity index (χ2v) is 4.26. The maximum atomic E-state index is 12.8. The summed E-state index contributed by atoms with van der Waals surface area (Å²) in [5.41, 5.74) is 0.945. The molecule has 102 valence electrons. The molecule has 2 aromatic rings. The van der Waals surface area contributed by atoms with Crippen LogP contribution >= 0.6 is 11.8 Å². The summed E-state index contributed by atoms with van der Waals surface area (Å²) in [4.78, 5) is 22.8. The molecular formula is C14H10ClFN2O2. The highest BCUT2D eigenvalue weighted by Crippen LogP contribution is 2.22. The first kappa shape index (κ1) is 14.0. The Morgan fingerprint density at radius 3 is 2.45 bits per heavy atom. The molecule has 0 saturated heterocycles. The maximum Gasteiger partial charge on any atom is 0.257 e. The molecule has 6 heteroatoms. The highest BCUT2D eigenvalue weighted by molar-refractivity contribution is 6.34. The molecule has 0 aromatic heterocycles. The maximum absolute atomic E-state index is 12.8. The van der Waals surface area contributed by atoms with Crippen molar-refractivity contribution in [2.45, 2.75) is 0 Å². The number of halogens is 2. The largest absolute Gasteiger partial charge is 0.322 e. The number of nitrogens with one attached hydrogen (secondary N) is 1. The molecule has 0 aliphatic carbocycles. The molecule has 0 aliphatic rings. The molecule has 2 rings (SSSR count). The molecule has 0 atom stereocenters. The number of nitrogens with zero attached hydrogens (tertiary/aromatic N) is 1. The van der Waals surface area contributed by atoms with E-state index >= 15 is 0 Å². The molecule has 0 spiro atoms. The summed E-state index contributed by atoms with van der Waals surface area (Å²) in [5.74, 6) is -0.837. The van der Waals surface area contributed by atoms with Crippen LogP contribution in [0.3, 0.4) is 0 Å². The van der Waals surface area contributed by atoms with E-state index in [0.717, 1.165) is 4.42 Å². The van der Waals surface area contributed by atoms with Crippen LogP contribution in [0.15, 0.2) is 48.5 Å². The average molecular weight is 293 g/mol. The van der Waals surface area contributed by atoms with Gasteiger partial charge in [0, 0.05) is 17.5 Å². The Balaban J connectivity index is 2.25. The lowest BCUT2D eigenvalue weighted by Crippen LogP contribution is -2.17. The molecule has 0 aliphatic heterocycles. The molecular weight excluding hydrogens is 283 g/mol. The van der Waals surface area contributed by atoms with Gasteiger partial charge < -0.3 is 5.32 Å². The van der Waals surface area contributed by atoms with Crippen LogP contribution in [0.2, 0.25) is 0 Å². The number of para-hydroxylation sites is 1. The molecule has 4 nitrogen and oxygen atoms in total. The summed E-state index contributed by atoms with van der Waals surface area (Å²) < 4.78 is 13.6. The second kappa shape index (κ2) is 6.16. The molecule has 2 amide bonds. The van der Waals surface area contributed by atoms with Crippen LogP contribution in [0.4, 0.5) is 15.8 Å². The van der Waals surface area contributed by atoms with E-state index in [9.17, 15) is 14.0 Å². The summed E-state index contributed by atoms with van der Waals surface area (Å²) in [6.45, 7) is 0. The lowest BCUT2D eigenvalue weighted by Gasteiger charge is -2.13. The summed E-state index contributed by atoms with van der Waals surface area (Å²) in [6, 6.07) is 11.7. The van der Waals surface area contributed by atoms with Gasteiger partial charge in [-0.25, -0.2) is 8.81 Å². The van der Waals surface area contributed by atoms with Crippen LogP contribution < -0.4 is 9.74 Å². The van der Waals surface area contributed by atoms with Crippen LogP contribution in [0.25, 0.3) is 0 Å². The van der Waals surface area contributed by atoms with Crippen molar-refractivity contribution in [3.05, 3.63) is 59.9 Å². The number of rotatable bonds is 4. The van der Waals surface area contributed by atoms with Crippen LogP contribution in [-0.4, -0.2) is 12.3 Å². The minimum atomic E-state index is -0.445. The molecule has 20 heavy (non-hydrogen) atoms. The van der Waals surface area contributed by atoms with Gasteiger partial charge in [0.05, 0.1) is 11.3 Å². The van der Waals surface area contributed by atoms with E-state index in [-0.39, 0.29) is 11.3 Å². The lowest BCUT2D eigenvalue weighted by atomic mass is 10.1. The molecule has 2 aromatic carbocycles. The molecule has 0 fully saturated rings. The minimum absolute atomic E-state index is 0.235. The van der Waals surface area contributed by atoms with Crippen molar-refractivity contribution in [1.29, 1.82) is 0 Å². The molecule has 0 radical (unpaired) electrons. The van der Waals surface area contributed by atoms with Crippen molar-refractivity contribution in [1.82, 2.24) is 0 Å². The SMILES string of the molecule is O=CN(Cl)c1ccccc1C(=O)Nc1ccc(F)cc1. The Bertz CT molecular complexity index is 631. The smallest absolute Gasteiger partial charge is 0.257 e. The Kier molecular flexibility index (Phi) is 4.32. The average Bonchev–Trinajstić information content (AvgIpc) is 2.48. The Labute approximate surface area is 119 Å². The third kappa shape index (κ3) is 3.13. The first-order chi connectivity index (χ1) is 9.61. The molecule has 1 N–H and O–H groups in total. The predicted octanol–water partition coefficient (Wildman–Crippen LogP) is 3.19. The van der Waals surface area contributed by atoms with Gasteiger partial charge in [0.25, 0.3) is 5.91 Å². The van der Waals surface area contributed by atoms with Crippen LogP contribution in [0.1, 0.15) is 10.4 Å². The van der Waals surface area contributed by atoms with E-state index < -0.39 is 11.7 Å². The van der Waals surface area contributed by atoms with Gasteiger partial charge in [-0.1, -0.05) is 12.1 Å². The van der Waals surface area contributed by atoms with E-state index in [1.165, 1.54) is 30.3 Å². The van der Waals surface area contributed by atoms with Crippen molar-refractivity contribution in [2.75, 3.05) is 9.74 Å². The fourth-order valence-corrected chi connectivity index (χ4v) is 1.79. The third-order valence-corrected chi connectivity index (χ3v) is 2.84. The van der Waals surface area contributed by atoms with Gasteiger partial charge in [-0.15, -0.1) is 0 Å². The van der Waals surface area contributed by atoms with E-state index in [1.807, 2.05) is 0 Å². The van der Waals surface area contributed by atoms with Gasteiger partial charge in [-0.05, 0) is 36.4 Å². The minimum Gasteiger partial charge on any atom is -0.322 e. The highest BCUT2D eigenvalue weighted by Gasteiger charge is 2.14. The van der Waals surface area contributed by atoms with E-state index in [0.29, 0.717) is 12.1 Å². The van der Waals surface area contributed by atoms with Crippen LogP contribution in [-0.2, 0) is 4.79 Å². The standard InChI is InChI=1S/C14H10ClFN2O2/c15-18(9-19)13-4-2-1-3-12(13)14(20)17-11-7-5-10(16)6-8-11/h1-9H,(H,17,20). The lowest BCUT2D eigenvalue weighted by molar-refractivity contribution is -0.106. The van der Waals surface area contributed by atoms with Crippen molar-refractivity contribution in [3.8, 4) is 0 Å². The van der Waals surface area contributed by atoms with Crippen LogP contribution in [0.5, 0.6) is 0 Å². The zero-order valence-corrected chi connectivity index (χ0v) is 11.0. The van der Waals surface area contributed by atoms with Crippen LogP contribution in [0, 0.1) is 5.82 Å². The topological polar surface area (TPSA) is 49.4 Å². The van der Waals surface area contributed by atoms with Gasteiger partial charge >= 0.3 is 0 Å². The van der Waals surface area contributed by atoms with Crippen molar-refractivity contribution in [3.63, 3.8) is 0 Å². The Morgan fingerprint density at radius 2 is 1.80 bits per heavy atom. The molecule has 0 unspecified atom stereocenters. The van der Waals surface area contributed by atoms with E-state index in [2.05, 4.69) is 5.32 Å². The Hall–Kier alpha value is -2.40. The number of benzene rings is 2. The van der Waals surface area contributed by atoms with Gasteiger partial charge in [0.1, 0.15) is 5.82 Å². The predicted molar refractivity (Wildman–Crippen MR) is 75.2 cm³/mol. The van der Waals surface area contributed by atoms with Gasteiger partial charge in [0.2, 0.25) is 6.41 Å². The first-order valence-corrected chi connectivity index (χ1v) is 6.02. The van der Waals surface area contributed by atoms with Crippen molar-refractivity contribution < 1.29 is 14.0 Å². The van der Waals surface area contributed by atoms with Gasteiger partial charge in [-0.3, -0.25) is 9.59 Å². The van der Waals surface area contributed by atoms with E-state index in [4.69, 9.17) is 11.8 Å². The summed E-state index contributed by atoms with van der Waals surface area (Å²) in [5, 5.41) is 2.60. The molecule has 0 heterocycles.